The normalized spacial score (nSPS) is 16.0. The van der Waals surface area contributed by atoms with E-state index in [1.165, 1.54) is 43.6 Å². The highest BCUT2D eigenvalue weighted by atomic mass is 16.5. The summed E-state index contributed by atoms with van der Waals surface area (Å²) in [6.07, 6.45) is 4.69. The molecule has 2 aromatic rings. The maximum atomic E-state index is 5.43. The van der Waals surface area contributed by atoms with Gasteiger partial charge in [-0.05, 0) is 62.5 Å². The zero-order chi connectivity index (χ0) is 17.3. The summed E-state index contributed by atoms with van der Waals surface area (Å²) >= 11 is 0. The standard InChI is InChI=1S/C22H30N2O/c1-25-22-10-6-5-9-20(22)11-15-23-21-13-17-24(18-14-21)16-12-19-7-3-2-4-8-19/h2-10,21,23H,11-18H2,1H3. The summed E-state index contributed by atoms with van der Waals surface area (Å²) in [4.78, 5) is 2.60. The van der Waals surface area contributed by atoms with E-state index in [2.05, 4.69) is 52.7 Å². The number of piperidine rings is 1. The van der Waals surface area contributed by atoms with Crippen molar-refractivity contribution in [3.63, 3.8) is 0 Å². The molecule has 0 amide bonds. The quantitative estimate of drug-likeness (QED) is 0.797. The lowest BCUT2D eigenvalue weighted by atomic mass is 10.0. The van der Waals surface area contributed by atoms with Crippen molar-refractivity contribution in [3.05, 3.63) is 65.7 Å². The van der Waals surface area contributed by atoms with Gasteiger partial charge in [-0.1, -0.05) is 48.5 Å². The lowest BCUT2D eigenvalue weighted by Gasteiger charge is -2.32. The van der Waals surface area contributed by atoms with Crippen LogP contribution in [0.1, 0.15) is 24.0 Å². The molecule has 1 saturated heterocycles. The zero-order valence-corrected chi connectivity index (χ0v) is 15.3. The Kier molecular flexibility index (Phi) is 6.89. The predicted octanol–water partition coefficient (Wildman–Crippen LogP) is 3.53. The number of hydrogen-bond acceptors (Lipinski definition) is 3. The smallest absolute Gasteiger partial charge is 0.122 e. The summed E-state index contributed by atoms with van der Waals surface area (Å²) in [6, 6.07) is 19.8. The Morgan fingerprint density at radius 1 is 0.960 bits per heavy atom. The molecule has 3 heteroatoms. The number of para-hydroxylation sites is 1. The second kappa shape index (κ2) is 9.59. The highest BCUT2D eigenvalue weighted by molar-refractivity contribution is 5.33. The molecule has 3 rings (SSSR count). The van der Waals surface area contributed by atoms with Crippen molar-refractivity contribution in [3.8, 4) is 5.75 Å². The molecule has 0 unspecified atom stereocenters. The zero-order valence-electron chi connectivity index (χ0n) is 15.3. The highest BCUT2D eigenvalue weighted by Gasteiger charge is 2.18. The first-order chi connectivity index (χ1) is 12.3. The van der Waals surface area contributed by atoms with Gasteiger partial charge in [0.1, 0.15) is 5.75 Å². The van der Waals surface area contributed by atoms with Gasteiger partial charge in [-0.2, -0.15) is 0 Å². The van der Waals surface area contributed by atoms with Gasteiger partial charge in [0.05, 0.1) is 7.11 Å². The number of rotatable bonds is 8. The number of ether oxygens (including phenoxy) is 1. The minimum absolute atomic E-state index is 0.655. The molecule has 0 radical (unpaired) electrons. The van der Waals surface area contributed by atoms with E-state index in [9.17, 15) is 0 Å². The lowest BCUT2D eigenvalue weighted by molar-refractivity contribution is 0.200. The van der Waals surface area contributed by atoms with E-state index in [4.69, 9.17) is 4.74 Å². The molecule has 1 aliphatic rings. The fraction of sp³-hybridized carbons (Fsp3) is 0.455. The first-order valence-electron chi connectivity index (χ1n) is 9.46. The van der Waals surface area contributed by atoms with E-state index in [1.54, 1.807) is 7.11 Å². The number of benzene rings is 2. The van der Waals surface area contributed by atoms with Crippen molar-refractivity contribution in [2.75, 3.05) is 33.3 Å². The Hall–Kier alpha value is -1.84. The van der Waals surface area contributed by atoms with Gasteiger partial charge in [0, 0.05) is 12.6 Å². The van der Waals surface area contributed by atoms with Gasteiger partial charge in [-0.25, -0.2) is 0 Å². The maximum Gasteiger partial charge on any atom is 0.122 e. The highest BCUT2D eigenvalue weighted by Crippen LogP contribution is 2.18. The van der Waals surface area contributed by atoms with Gasteiger partial charge < -0.3 is 15.0 Å². The summed E-state index contributed by atoms with van der Waals surface area (Å²) in [5.41, 5.74) is 2.73. The van der Waals surface area contributed by atoms with Crippen LogP contribution in [0, 0.1) is 0 Å². The topological polar surface area (TPSA) is 24.5 Å². The second-order valence-corrected chi connectivity index (χ2v) is 6.87. The largest absolute Gasteiger partial charge is 0.496 e. The molecule has 0 bridgehead atoms. The lowest BCUT2D eigenvalue weighted by Crippen LogP contribution is -2.43. The third kappa shape index (κ3) is 5.58. The van der Waals surface area contributed by atoms with Crippen LogP contribution < -0.4 is 10.1 Å². The molecule has 1 fully saturated rings. The van der Waals surface area contributed by atoms with Gasteiger partial charge in [-0.15, -0.1) is 0 Å². The fourth-order valence-corrected chi connectivity index (χ4v) is 3.61. The number of likely N-dealkylation sites (tertiary alicyclic amines) is 1. The van der Waals surface area contributed by atoms with Gasteiger partial charge in [-0.3, -0.25) is 0 Å². The minimum Gasteiger partial charge on any atom is -0.496 e. The van der Waals surface area contributed by atoms with E-state index in [0.717, 1.165) is 25.1 Å². The summed E-state index contributed by atoms with van der Waals surface area (Å²) in [5.74, 6) is 1.00. The molecule has 1 aliphatic heterocycles. The molecule has 1 N–H and O–H groups in total. The minimum atomic E-state index is 0.655. The Balaban J connectivity index is 1.34. The van der Waals surface area contributed by atoms with Crippen LogP contribution in [0.4, 0.5) is 0 Å². The molecule has 2 aromatic carbocycles. The van der Waals surface area contributed by atoms with Crippen LogP contribution in [-0.4, -0.2) is 44.2 Å². The molecule has 134 valence electrons. The van der Waals surface area contributed by atoms with E-state index < -0.39 is 0 Å². The van der Waals surface area contributed by atoms with Crippen molar-refractivity contribution in [2.45, 2.75) is 31.7 Å². The Labute approximate surface area is 152 Å². The van der Waals surface area contributed by atoms with Crippen LogP contribution in [0.2, 0.25) is 0 Å². The molecule has 3 nitrogen and oxygen atoms in total. The van der Waals surface area contributed by atoms with Gasteiger partial charge >= 0.3 is 0 Å². The molecule has 0 saturated carbocycles. The van der Waals surface area contributed by atoms with E-state index in [1.807, 2.05) is 12.1 Å². The Bertz CT molecular complexity index is 621. The summed E-state index contributed by atoms with van der Waals surface area (Å²) in [5, 5.41) is 3.73. The molecular weight excluding hydrogens is 308 g/mol. The summed E-state index contributed by atoms with van der Waals surface area (Å²) < 4.78 is 5.43. The molecule has 0 aliphatic carbocycles. The van der Waals surface area contributed by atoms with Crippen LogP contribution in [0.15, 0.2) is 54.6 Å². The average Bonchev–Trinajstić information content (AvgIpc) is 2.68. The van der Waals surface area contributed by atoms with Gasteiger partial charge in [0.25, 0.3) is 0 Å². The van der Waals surface area contributed by atoms with Crippen LogP contribution in [-0.2, 0) is 12.8 Å². The monoisotopic (exact) mass is 338 g/mol. The van der Waals surface area contributed by atoms with Crippen LogP contribution in [0.3, 0.4) is 0 Å². The van der Waals surface area contributed by atoms with Crippen LogP contribution in [0.5, 0.6) is 5.75 Å². The van der Waals surface area contributed by atoms with Crippen molar-refractivity contribution in [1.29, 1.82) is 0 Å². The fourth-order valence-electron chi connectivity index (χ4n) is 3.61. The molecule has 0 spiro atoms. The molecular formula is C22H30N2O. The molecule has 1 heterocycles. The SMILES string of the molecule is COc1ccccc1CCNC1CCN(CCc2ccccc2)CC1. The van der Waals surface area contributed by atoms with Gasteiger partial charge in [0.2, 0.25) is 0 Å². The van der Waals surface area contributed by atoms with Crippen molar-refractivity contribution < 1.29 is 4.74 Å². The predicted molar refractivity (Wildman–Crippen MR) is 104 cm³/mol. The number of nitrogens with one attached hydrogen (secondary N) is 1. The number of hydrogen-bond donors (Lipinski definition) is 1. The Morgan fingerprint density at radius 2 is 1.68 bits per heavy atom. The summed E-state index contributed by atoms with van der Waals surface area (Å²) in [6.45, 7) is 4.62. The molecule has 0 aromatic heterocycles. The third-order valence-electron chi connectivity index (χ3n) is 5.17. The number of nitrogens with zero attached hydrogens (tertiary/aromatic N) is 1. The second-order valence-electron chi connectivity index (χ2n) is 6.87. The van der Waals surface area contributed by atoms with Gasteiger partial charge in [0.15, 0.2) is 0 Å². The van der Waals surface area contributed by atoms with Crippen LogP contribution >= 0.6 is 0 Å². The van der Waals surface area contributed by atoms with Crippen molar-refractivity contribution in [1.82, 2.24) is 10.2 Å². The Morgan fingerprint density at radius 3 is 2.44 bits per heavy atom. The number of methoxy groups -OCH3 is 1. The van der Waals surface area contributed by atoms with Crippen LogP contribution in [0.25, 0.3) is 0 Å². The third-order valence-corrected chi connectivity index (χ3v) is 5.17. The maximum absolute atomic E-state index is 5.43. The average molecular weight is 338 g/mol. The molecule has 0 atom stereocenters. The van der Waals surface area contributed by atoms with E-state index in [-0.39, 0.29) is 0 Å². The molecule has 25 heavy (non-hydrogen) atoms. The summed E-state index contributed by atoms with van der Waals surface area (Å²) in [7, 11) is 1.75. The van der Waals surface area contributed by atoms with Crippen molar-refractivity contribution >= 4 is 0 Å². The van der Waals surface area contributed by atoms with E-state index in [0.29, 0.717) is 6.04 Å². The first-order valence-corrected chi connectivity index (χ1v) is 9.46. The van der Waals surface area contributed by atoms with E-state index >= 15 is 0 Å². The first kappa shape index (κ1) is 18.0. The van der Waals surface area contributed by atoms with Crippen molar-refractivity contribution in [2.24, 2.45) is 0 Å².